The number of fused-ring (bicyclic) bond motifs is 1. The lowest BCUT2D eigenvalue weighted by Crippen LogP contribution is -1.96. The summed E-state index contributed by atoms with van der Waals surface area (Å²) in [6.45, 7) is 0. The average molecular weight is 235 g/mol. The topological polar surface area (TPSA) is 80.1 Å². The van der Waals surface area contributed by atoms with E-state index in [0.29, 0.717) is 12.1 Å². The molecule has 0 spiro atoms. The van der Waals surface area contributed by atoms with E-state index in [0.717, 1.165) is 0 Å². The van der Waals surface area contributed by atoms with Crippen LogP contribution in [0.2, 0.25) is 0 Å². The van der Waals surface area contributed by atoms with Crippen molar-refractivity contribution in [3.63, 3.8) is 0 Å². The molecule has 0 bridgehead atoms. The summed E-state index contributed by atoms with van der Waals surface area (Å²) < 4.78 is 50.9. The Morgan fingerprint density at radius 2 is 2.00 bits per heavy atom. The Labute approximate surface area is 81.5 Å². The van der Waals surface area contributed by atoms with Crippen molar-refractivity contribution in [1.82, 2.24) is 4.98 Å². The van der Waals surface area contributed by atoms with Crippen LogP contribution in [0.25, 0.3) is 11.1 Å². The Morgan fingerprint density at radius 1 is 1.33 bits per heavy atom. The molecule has 0 saturated heterocycles. The first-order valence-corrected chi connectivity index (χ1v) is 5.03. The highest BCUT2D eigenvalue weighted by Gasteiger charge is 2.20. The normalized spacial score (nSPS) is 12.1. The van der Waals surface area contributed by atoms with Gasteiger partial charge in [-0.15, -0.1) is 3.89 Å². The van der Waals surface area contributed by atoms with Gasteiger partial charge in [0.1, 0.15) is 10.7 Å². The monoisotopic (exact) mass is 235 g/mol. The fraction of sp³-hybridized carbons (Fsp3) is 0. The van der Waals surface area contributed by atoms with Crippen LogP contribution in [0, 0.1) is 5.82 Å². The van der Waals surface area contributed by atoms with E-state index in [1.807, 2.05) is 0 Å². The van der Waals surface area contributed by atoms with Crippen LogP contribution in [0.15, 0.2) is 26.2 Å². The van der Waals surface area contributed by atoms with Crippen LogP contribution in [-0.2, 0) is 10.2 Å². The van der Waals surface area contributed by atoms with E-state index in [1.165, 1.54) is 0 Å². The number of nitrogens with one attached hydrogen (secondary N) is 1. The van der Waals surface area contributed by atoms with E-state index in [2.05, 4.69) is 9.40 Å². The number of oxazole rings is 1. The predicted molar refractivity (Wildman–Crippen MR) is 45.1 cm³/mol. The van der Waals surface area contributed by atoms with Gasteiger partial charge in [-0.3, -0.25) is 4.98 Å². The van der Waals surface area contributed by atoms with Crippen molar-refractivity contribution in [1.29, 1.82) is 0 Å². The maximum absolute atomic E-state index is 13.0. The zero-order chi connectivity index (χ0) is 11.2. The molecule has 80 valence electrons. The van der Waals surface area contributed by atoms with Crippen molar-refractivity contribution < 1.29 is 21.1 Å². The lowest BCUT2D eigenvalue weighted by molar-refractivity contribution is 0.529. The molecule has 2 aromatic rings. The molecule has 1 N–H and O–H groups in total. The molecule has 8 heteroatoms. The summed E-state index contributed by atoms with van der Waals surface area (Å²) in [5, 5.41) is 0. The zero-order valence-corrected chi connectivity index (χ0v) is 7.77. The second-order valence-electron chi connectivity index (χ2n) is 2.73. The van der Waals surface area contributed by atoms with Gasteiger partial charge in [0.15, 0.2) is 5.58 Å². The van der Waals surface area contributed by atoms with Gasteiger partial charge in [-0.05, 0) is 0 Å². The first-order valence-electron chi connectivity index (χ1n) is 3.65. The van der Waals surface area contributed by atoms with Crippen molar-refractivity contribution in [3.8, 4) is 0 Å². The van der Waals surface area contributed by atoms with Gasteiger partial charge in [0, 0.05) is 12.1 Å². The Balaban J connectivity index is 2.89. The number of halogens is 2. The van der Waals surface area contributed by atoms with E-state index in [-0.39, 0.29) is 11.1 Å². The summed E-state index contributed by atoms with van der Waals surface area (Å²) in [6, 6.07) is 1.28. The minimum Gasteiger partial charge on any atom is -0.408 e. The average Bonchev–Trinajstić information content (AvgIpc) is 2.40. The highest BCUT2D eigenvalue weighted by atomic mass is 32.3. The number of aromatic amines is 1. The molecule has 0 radical (unpaired) electrons. The van der Waals surface area contributed by atoms with Gasteiger partial charge in [0.2, 0.25) is 0 Å². The Hall–Kier alpha value is -1.70. The number of aromatic nitrogens is 1. The summed E-state index contributed by atoms with van der Waals surface area (Å²) in [7, 11) is -5.17. The third-order valence-electron chi connectivity index (χ3n) is 1.74. The molecule has 0 saturated carbocycles. The first kappa shape index (κ1) is 9.84. The van der Waals surface area contributed by atoms with Gasteiger partial charge in [-0.2, -0.15) is 8.42 Å². The van der Waals surface area contributed by atoms with Crippen molar-refractivity contribution in [2.45, 2.75) is 4.90 Å². The van der Waals surface area contributed by atoms with Gasteiger partial charge in [0.25, 0.3) is 0 Å². The lowest BCUT2D eigenvalue weighted by Gasteiger charge is -1.96. The van der Waals surface area contributed by atoms with Crippen molar-refractivity contribution in [2.24, 2.45) is 0 Å². The molecule has 0 aliphatic carbocycles. The van der Waals surface area contributed by atoms with E-state index < -0.39 is 26.7 Å². The highest BCUT2D eigenvalue weighted by Crippen LogP contribution is 2.22. The van der Waals surface area contributed by atoms with Gasteiger partial charge >= 0.3 is 16.0 Å². The van der Waals surface area contributed by atoms with E-state index >= 15 is 0 Å². The van der Waals surface area contributed by atoms with Crippen LogP contribution < -0.4 is 5.76 Å². The highest BCUT2D eigenvalue weighted by molar-refractivity contribution is 7.86. The Bertz CT molecular complexity index is 685. The summed E-state index contributed by atoms with van der Waals surface area (Å²) in [6.07, 6.45) is 0. The molecule has 0 atom stereocenters. The Morgan fingerprint density at radius 3 is 2.60 bits per heavy atom. The Kier molecular flexibility index (Phi) is 1.90. The molecule has 0 unspecified atom stereocenters. The number of H-pyrrole nitrogens is 1. The molecule has 0 fully saturated rings. The molecule has 0 aliphatic rings. The van der Waals surface area contributed by atoms with Crippen LogP contribution >= 0.6 is 0 Å². The molecule has 2 rings (SSSR count). The number of hydrogen-bond acceptors (Lipinski definition) is 4. The standard InChI is InChI=1S/C7H3F2NO4S/c8-3-1-4-5(14-7(11)10-4)2-6(3)15(9,12)13/h1-2H,(H,10,11). The van der Waals surface area contributed by atoms with E-state index in [4.69, 9.17) is 0 Å². The molecular weight excluding hydrogens is 232 g/mol. The number of rotatable bonds is 1. The smallest absolute Gasteiger partial charge is 0.408 e. The minimum atomic E-state index is -5.17. The molecule has 1 aromatic carbocycles. The van der Waals surface area contributed by atoms with E-state index in [1.54, 1.807) is 0 Å². The molecule has 0 aliphatic heterocycles. The van der Waals surface area contributed by atoms with Crippen molar-refractivity contribution in [3.05, 3.63) is 28.5 Å². The van der Waals surface area contributed by atoms with Gasteiger partial charge in [-0.25, -0.2) is 9.18 Å². The molecule has 15 heavy (non-hydrogen) atoms. The quantitative estimate of drug-likeness (QED) is 0.745. The number of benzene rings is 1. The fourth-order valence-corrected chi connectivity index (χ4v) is 1.68. The molecule has 0 amide bonds. The summed E-state index contributed by atoms with van der Waals surface area (Å²) >= 11 is 0. The zero-order valence-electron chi connectivity index (χ0n) is 6.95. The van der Waals surface area contributed by atoms with Gasteiger partial charge in [0.05, 0.1) is 5.52 Å². The largest absolute Gasteiger partial charge is 0.417 e. The van der Waals surface area contributed by atoms with Crippen LogP contribution in [-0.4, -0.2) is 13.4 Å². The molecule has 1 heterocycles. The number of hydrogen-bond donors (Lipinski definition) is 1. The summed E-state index contributed by atoms with van der Waals surface area (Å²) in [5.74, 6) is -2.17. The van der Waals surface area contributed by atoms with Crippen LogP contribution in [0.3, 0.4) is 0 Å². The second kappa shape index (κ2) is 2.89. The van der Waals surface area contributed by atoms with Crippen LogP contribution in [0.4, 0.5) is 8.28 Å². The summed E-state index contributed by atoms with van der Waals surface area (Å²) in [4.78, 5) is 11.6. The molecular formula is C7H3F2NO4S. The van der Waals surface area contributed by atoms with Gasteiger partial charge < -0.3 is 4.42 Å². The molecule has 1 aromatic heterocycles. The predicted octanol–water partition coefficient (Wildman–Crippen LogP) is 0.918. The van der Waals surface area contributed by atoms with Crippen molar-refractivity contribution >= 4 is 21.3 Å². The van der Waals surface area contributed by atoms with Crippen LogP contribution in [0.5, 0.6) is 0 Å². The minimum absolute atomic E-state index is 0.0371. The molecule has 5 nitrogen and oxygen atoms in total. The maximum Gasteiger partial charge on any atom is 0.417 e. The third kappa shape index (κ3) is 1.63. The fourth-order valence-electron chi connectivity index (χ4n) is 1.14. The maximum atomic E-state index is 13.0. The SMILES string of the molecule is O=c1[nH]c2cc(F)c(S(=O)(=O)F)cc2o1. The first-order chi connectivity index (χ1) is 6.88. The van der Waals surface area contributed by atoms with Crippen LogP contribution in [0.1, 0.15) is 0 Å². The van der Waals surface area contributed by atoms with Gasteiger partial charge in [-0.1, -0.05) is 0 Å². The lowest BCUT2D eigenvalue weighted by atomic mass is 10.3. The van der Waals surface area contributed by atoms with E-state index in [9.17, 15) is 21.5 Å². The van der Waals surface area contributed by atoms with Crippen molar-refractivity contribution in [2.75, 3.05) is 0 Å². The summed E-state index contributed by atoms with van der Waals surface area (Å²) in [5.41, 5.74) is -0.262. The second-order valence-corrected chi connectivity index (χ2v) is 4.05. The third-order valence-corrected chi connectivity index (χ3v) is 2.57.